The third kappa shape index (κ3) is 7.69. The molecule has 1 N–H and O–H groups in total. The minimum absolute atomic E-state index is 0.189. The van der Waals surface area contributed by atoms with E-state index in [1.807, 2.05) is 20.0 Å². The number of hydrogen-bond donors (Lipinski definition) is 1. The van der Waals surface area contributed by atoms with Crippen molar-refractivity contribution in [3.63, 3.8) is 0 Å². The standard InChI is InChI=1S/C33H40FN7O3.C4H9NO/c1-23-14-24(34)4-5-28(23)44-31-30(36-22-37-38-31)41-18-32(19-41)15-25(16-32)43-29-6-9-35-27-7-12-39(17-26(27)29)10-3-11-40-20-33(21-40)8-2-13-42-33;1-4(2)5-3-6/h4-6,9,14,22,25H,2-3,7-8,10-13,15-21H2,1H3;3-4H,1-2H3,(H,5,6). The van der Waals surface area contributed by atoms with Crippen LogP contribution in [0.15, 0.2) is 36.8 Å². The van der Waals surface area contributed by atoms with E-state index in [2.05, 4.69) is 41.3 Å². The van der Waals surface area contributed by atoms with Crippen LogP contribution in [0, 0.1) is 18.2 Å². The first-order valence-electron chi connectivity index (χ1n) is 18.0. The van der Waals surface area contributed by atoms with E-state index in [9.17, 15) is 9.18 Å². The van der Waals surface area contributed by atoms with Gasteiger partial charge in [0.15, 0.2) is 5.82 Å². The summed E-state index contributed by atoms with van der Waals surface area (Å²) in [7, 11) is 0. The Kier molecular flexibility index (Phi) is 10.2. The summed E-state index contributed by atoms with van der Waals surface area (Å²) < 4.78 is 32.2. The molecule has 0 radical (unpaired) electrons. The minimum Gasteiger partial charge on any atom is -0.490 e. The van der Waals surface area contributed by atoms with Gasteiger partial charge in [-0.2, -0.15) is 0 Å². The molecule has 5 aliphatic rings. The van der Waals surface area contributed by atoms with Gasteiger partial charge in [-0.15, -0.1) is 10.2 Å². The second-order valence-corrected chi connectivity index (χ2v) is 15.0. The van der Waals surface area contributed by atoms with E-state index in [0.29, 0.717) is 29.4 Å². The van der Waals surface area contributed by atoms with Crippen molar-refractivity contribution in [2.45, 2.75) is 83.6 Å². The van der Waals surface area contributed by atoms with Crippen molar-refractivity contribution in [2.75, 3.05) is 57.3 Å². The van der Waals surface area contributed by atoms with Crippen LogP contribution < -0.4 is 19.7 Å². The Bertz CT molecular complexity index is 1630. The monoisotopic (exact) mass is 688 g/mol. The summed E-state index contributed by atoms with van der Waals surface area (Å²) in [5.74, 6) is 2.26. The lowest BCUT2D eigenvalue weighted by molar-refractivity contribution is -0.111. The number of benzene rings is 1. The van der Waals surface area contributed by atoms with Crippen LogP contribution in [0.4, 0.5) is 10.2 Å². The summed E-state index contributed by atoms with van der Waals surface area (Å²) in [5.41, 5.74) is 3.56. The zero-order chi connectivity index (χ0) is 34.7. The highest BCUT2D eigenvalue weighted by Crippen LogP contribution is 2.52. The lowest BCUT2D eigenvalue weighted by atomic mass is 9.61. The summed E-state index contributed by atoms with van der Waals surface area (Å²) in [5, 5.41) is 10.6. The molecule has 1 aliphatic carbocycles. The van der Waals surface area contributed by atoms with Gasteiger partial charge in [0.05, 0.1) is 5.60 Å². The van der Waals surface area contributed by atoms with Crippen molar-refractivity contribution in [1.82, 2.24) is 35.3 Å². The van der Waals surface area contributed by atoms with Crippen LogP contribution >= 0.6 is 0 Å². The zero-order valence-electron chi connectivity index (χ0n) is 29.4. The van der Waals surface area contributed by atoms with Crippen molar-refractivity contribution in [3.8, 4) is 17.4 Å². The molecular formula is C37H49FN8O4. The number of nitrogens with one attached hydrogen (secondary N) is 1. The van der Waals surface area contributed by atoms with Gasteiger partial charge in [-0.3, -0.25) is 19.6 Å². The molecule has 3 aromatic rings. The number of fused-ring (bicyclic) bond motifs is 1. The molecule has 1 amide bonds. The number of aromatic nitrogens is 4. The van der Waals surface area contributed by atoms with E-state index < -0.39 is 0 Å². The second-order valence-electron chi connectivity index (χ2n) is 15.0. The molecular weight excluding hydrogens is 639 g/mol. The van der Waals surface area contributed by atoms with Crippen molar-refractivity contribution in [3.05, 3.63) is 59.4 Å². The first kappa shape index (κ1) is 34.5. The summed E-state index contributed by atoms with van der Waals surface area (Å²) in [6.45, 7) is 14.8. The highest BCUT2D eigenvalue weighted by molar-refractivity contribution is 5.53. The van der Waals surface area contributed by atoms with Crippen molar-refractivity contribution >= 4 is 12.2 Å². The number of pyridine rings is 1. The molecule has 2 spiro atoms. The molecule has 0 bridgehead atoms. The third-order valence-corrected chi connectivity index (χ3v) is 10.6. The maximum absolute atomic E-state index is 13.6. The molecule has 50 heavy (non-hydrogen) atoms. The Morgan fingerprint density at radius 2 is 1.92 bits per heavy atom. The highest BCUT2D eigenvalue weighted by atomic mass is 19.1. The lowest BCUT2D eigenvalue weighted by Crippen LogP contribution is -2.65. The SMILES string of the molecule is CC(C)NC=O.Cc1cc(F)ccc1Oc1nncnc1N1CC2(CC(Oc3ccnc4c3CN(CCCN3CC5(CCCO5)C3)CC4)C2)C1. The van der Waals surface area contributed by atoms with Gasteiger partial charge < -0.3 is 24.4 Å². The number of likely N-dealkylation sites (tertiary alicyclic amines) is 1. The average molecular weight is 689 g/mol. The molecule has 3 saturated heterocycles. The van der Waals surface area contributed by atoms with Crippen molar-refractivity contribution < 1.29 is 23.4 Å². The fraction of sp³-hybridized carbons (Fsp3) is 0.595. The molecule has 2 aromatic heterocycles. The summed E-state index contributed by atoms with van der Waals surface area (Å²) in [6, 6.07) is 6.76. The Morgan fingerprint density at radius 3 is 2.64 bits per heavy atom. The van der Waals surface area contributed by atoms with Crippen LogP contribution in [-0.4, -0.2) is 107 Å². The molecule has 8 rings (SSSR count). The highest BCUT2D eigenvalue weighted by Gasteiger charge is 2.54. The topological polar surface area (TPSA) is 118 Å². The maximum atomic E-state index is 13.6. The number of carbonyl (C=O) groups excluding carboxylic acids is 1. The van der Waals surface area contributed by atoms with Gasteiger partial charge in [0.25, 0.3) is 5.88 Å². The van der Waals surface area contributed by atoms with Crippen LogP contribution in [-0.2, 0) is 22.5 Å². The van der Waals surface area contributed by atoms with Gasteiger partial charge in [0.2, 0.25) is 6.41 Å². The molecule has 1 aromatic carbocycles. The van der Waals surface area contributed by atoms with Crippen molar-refractivity contribution in [1.29, 1.82) is 0 Å². The number of ether oxygens (including phenoxy) is 3. The van der Waals surface area contributed by atoms with Gasteiger partial charge in [-0.1, -0.05) is 0 Å². The second kappa shape index (κ2) is 14.7. The summed E-state index contributed by atoms with van der Waals surface area (Å²) in [4.78, 5) is 26.0. The number of anilines is 1. The molecule has 268 valence electrons. The Labute approximate surface area is 293 Å². The molecule has 0 unspecified atom stereocenters. The van der Waals surface area contributed by atoms with Crippen LogP contribution in [0.2, 0.25) is 0 Å². The number of amides is 1. The quantitative estimate of drug-likeness (QED) is 0.291. The first-order valence-corrected chi connectivity index (χ1v) is 18.0. The number of rotatable bonds is 11. The molecule has 0 atom stereocenters. The predicted octanol–water partition coefficient (Wildman–Crippen LogP) is 4.31. The molecule has 12 nitrogen and oxygen atoms in total. The van der Waals surface area contributed by atoms with E-state index in [-0.39, 0.29) is 29.0 Å². The van der Waals surface area contributed by atoms with Crippen LogP contribution in [0.3, 0.4) is 0 Å². The zero-order valence-corrected chi connectivity index (χ0v) is 29.4. The lowest BCUT2D eigenvalue weighted by Gasteiger charge is -2.58. The Balaban J connectivity index is 0.000000603. The largest absolute Gasteiger partial charge is 0.490 e. The van der Waals surface area contributed by atoms with Gasteiger partial charge in [0.1, 0.15) is 29.7 Å². The van der Waals surface area contributed by atoms with Gasteiger partial charge in [-0.05, 0) is 95.8 Å². The first-order chi connectivity index (χ1) is 24.2. The van der Waals surface area contributed by atoms with Crippen LogP contribution in [0.1, 0.15) is 62.8 Å². The van der Waals surface area contributed by atoms with Gasteiger partial charge in [0, 0.05) is 81.2 Å². The van der Waals surface area contributed by atoms with E-state index in [4.69, 9.17) is 19.2 Å². The van der Waals surface area contributed by atoms with Crippen LogP contribution in [0.25, 0.3) is 0 Å². The molecule has 13 heteroatoms. The van der Waals surface area contributed by atoms with E-state index in [0.717, 1.165) is 84.0 Å². The number of aryl methyl sites for hydroxylation is 1. The number of carbonyl (C=O) groups is 1. The average Bonchev–Trinajstić information content (AvgIpc) is 3.54. The Morgan fingerprint density at radius 1 is 1.10 bits per heavy atom. The van der Waals surface area contributed by atoms with Crippen LogP contribution in [0.5, 0.6) is 17.4 Å². The molecule has 4 fully saturated rings. The molecule has 1 saturated carbocycles. The maximum Gasteiger partial charge on any atom is 0.282 e. The third-order valence-electron chi connectivity index (χ3n) is 10.6. The summed E-state index contributed by atoms with van der Waals surface area (Å²) >= 11 is 0. The fourth-order valence-corrected chi connectivity index (χ4v) is 8.07. The predicted molar refractivity (Wildman–Crippen MR) is 186 cm³/mol. The minimum atomic E-state index is -0.297. The van der Waals surface area contributed by atoms with Gasteiger partial charge >= 0.3 is 0 Å². The number of halogens is 1. The molecule has 4 aliphatic heterocycles. The Hall–Kier alpha value is -3.94. The van der Waals surface area contributed by atoms with E-state index in [1.54, 1.807) is 13.0 Å². The normalized spacial score (nSPS) is 20.7. The van der Waals surface area contributed by atoms with Crippen molar-refractivity contribution in [2.24, 2.45) is 5.41 Å². The summed E-state index contributed by atoms with van der Waals surface area (Å²) in [6.07, 6.45) is 10.9. The van der Waals surface area contributed by atoms with E-state index >= 15 is 0 Å². The smallest absolute Gasteiger partial charge is 0.282 e. The molecule has 6 heterocycles. The number of hydrogen-bond acceptors (Lipinski definition) is 11. The number of nitrogens with zero attached hydrogens (tertiary/aromatic N) is 7. The van der Waals surface area contributed by atoms with Gasteiger partial charge in [-0.25, -0.2) is 9.37 Å². The van der Waals surface area contributed by atoms with E-state index in [1.165, 1.54) is 49.0 Å². The fourth-order valence-electron chi connectivity index (χ4n) is 8.07.